The molecule has 0 radical (unpaired) electrons. The third-order valence-electron chi connectivity index (χ3n) is 1.64. The van der Waals surface area contributed by atoms with Gasteiger partial charge in [-0.15, -0.1) is 0 Å². The summed E-state index contributed by atoms with van der Waals surface area (Å²) in [7, 11) is 0. The Hall–Kier alpha value is -2.00. The fourth-order valence-corrected chi connectivity index (χ4v) is 1.05. The molecular formula is C10H9N3. The van der Waals surface area contributed by atoms with E-state index < -0.39 is 0 Å². The Bertz CT molecular complexity index is 315. The molecule has 13 heavy (non-hydrogen) atoms. The molecule has 0 aliphatic heterocycles. The summed E-state index contributed by atoms with van der Waals surface area (Å²) in [6.45, 7) is 0.495. The van der Waals surface area contributed by atoms with Crippen LogP contribution in [0.1, 0.15) is 0 Å². The Kier molecular flexibility index (Phi) is 3.35. The molecule has 0 spiro atoms. The zero-order valence-corrected chi connectivity index (χ0v) is 7.14. The number of hydrogen-bond acceptors (Lipinski definition) is 3. The molecule has 3 heteroatoms. The van der Waals surface area contributed by atoms with Crippen molar-refractivity contribution >= 4 is 5.69 Å². The minimum absolute atomic E-state index is 0.248. The van der Waals surface area contributed by atoms with Crippen molar-refractivity contribution in [3.05, 3.63) is 30.3 Å². The lowest BCUT2D eigenvalue weighted by molar-refractivity contribution is 0.966. The van der Waals surface area contributed by atoms with Gasteiger partial charge in [-0.25, -0.2) is 0 Å². The van der Waals surface area contributed by atoms with Crippen LogP contribution in [0.25, 0.3) is 0 Å². The molecule has 0 atom stereocenters. The number of nitriles is 2. The molecule has 1 aromatic carbocycles. The lowest BCUT2D eigenvalue weighted by Crippen LogP contribution is -2.23. The molecule has 0 saturated heterocycles. The van der Waals surface area contributed by atoms with Crippen LogP contribution in [0.3, 0.4) is 0 Å². The minimum Gasteiger partial charge on any atom is -0.345 e. The van der Waals surface area contributed by atoms with Gasteiger partial charge in [0.25, 0.3) is 0 Å². The van der Waals surface area contributed by atoms with Gasteiger partial charge < -0.3 is 4.90 Å². The molecule has 0 aliphatic rings. The highest BCUT2D eigenvalue weighted by Crippen LogP contribution is 2.11. The Morgan fingerprint density at radius 1 is 1.00 bits per heavy atom. The summed E-state index contributed by atoms with van der Waals surface area (Å²) in [6, 6.07) is 13.5. The highest BCUT2D eigenvalue weighted by atomic mass is 15.1. The predicted octanol–water partition coefficient (Wildman–Crippen LogP) is 1.54. The van der Waals surface area contributed by atoms with Gasteiger partial charge in [-0.2, -0.15) is 10.5 Å². The summed E-state index contributed by atoms with van der Waals surface area (Å²) in [5.74, 6) is 0. The molecule has 0 fully saturated rings. The topological polar surface area (TPSA) is 50.8 Å². The molecular weight excluding hydrogens is 162 g/mol. The van der Waals surface area contributed by atoms with Crippen LogP contribution in [0.2, 0.25) is 0 Å². The first-order valence-corrected chi connectivity index (χ1v) is 3.92. The van der Waals surface area contributed by atoms with Gasteiger partial charge in [0.15, 0.2) is 0 Å². The van der Waals surface area contributed by atoms with Crippen molar-refractivity contribution in [3.8, 4) is 12.1 Å². The highest BCUT2D eigenvalue weighted by molar-refractivity contribution is 5.47. The van der Waals surface area contributed by atoms with Crippen molar-refractivity contribution in [1.82, 2.24) is 0 Å². The number of benzene rings is 1. The Morgan fingerprint density at radius 2 is 1.54 bits per heavy atom. The van der Waals surface area contributed by atoms with Crippen LogP contribution in [0, 0.1) is 22.7 Å². The zero-order valence-electron chi connectivity index (χ0n) is 7.14. The van der Waals surface area contributed by atoms with Gasteiger partial charge in [0.1, 0.15) is 13.1 Å². The number of anilines is 1. The molecule has 0 aliphatic carbocycles. The molecule has 0 amide bonds. The van der Waals surface area contributed by atoms with E-state index in [0.29, 0.717) is 0 Å². The van der Waals surface area contributed by atoms with Gasteiger partial charge in [0, 0.05) is 5.69 Å². The minimum atomic E-state index is 0.248. The average Bonchev–Trinajstić information content (AvgIpc) is 2.19. The predicted molar refractivity (Wildman–Crippen MR) is 49.9 cm³/mol. The fraction of sp³-hybridized carbons (Fsp3) is 0.200. The van der Waals surface area contributed by atoms with Crippen LogP contribution < -0.4 is 4.90 Å². The summed E-state index contributed by atoms with van der Waals surface area (Å²) in [4.78, 5) is 1.72. The number of rotatable bonds is 3. The lowest BCUT2D eigenvalue weighted by atomic mass is 10.3. The van der Waals surface area contributed by atoms with E-state index in [1.807, 2.05) is 42.5 Å². The Morgan fingerprint density at radius 3 is 2.00 bits per heavy atom. The first-order chi connectivity index (χ1) is 6.38. The Labute approximate surface area is 77.4 Å². The highest BCUT2D eigenvalue weighted by Gasteiger charge is 2.02. The van der Waals surface area contributed by atoms with E-state index in [4.69, 9.17) is 10.5 Å². The maximum atomic E-state index is 8.52. The molecule has 3 nitrogen and oxygen atoms in total. The van der Waals surface area contributed by atoms with E-state index in [1.54, 1.807) is 4.90 Å². The smallest absolute Gasteiger partial charge is 0.106 e. The third-order valence-corrected chi connectivity index (χ3v) is 1.64. The summed E-state index contributed by atoms with van der Waals surface area (Å²) < 4.78 is 0. The maximum Gasteiger partial charge on any atom is 0.106 e. The van der Waals surface area contributed by atoms with Gasteiger partial charge in [0.05, 0.1) is 12.1 Å². The van der Waals surface area contributed by atoms with Crippen molar-refractivity contribution in [1.29, 1.82) is 10.5 Å². The van der Waals surface area contributed by atoms with Gasteiger partial charge in [-0.3, -0.25) is 0 Å². The summed E-state index contributed by atoms with van der Waals surface area (Å²) >= 11 is 0. The molecule has 0 saturated carbocycles. The molecule has 0 bridgehead atoms. The number of para-hydroxylation sites is 1. The summed E-state index contributed by atoms with van der Waals surface area (Å²) in [5, 5.41) is 17.0. The molecule has 1 aromatic rings. The average molecular weight is 171 g/mol. The van der Waals surface area contributed by atoms with Crippen LogP contribution in [0.15, 0.2) is 30.3 Å². The number of nitrogens with zero attached hydrogens (tertiary/aromatic N) is 3. The van der Waals surface area contributed by atoms with Crippen LogP contribution in [0.5, 0.6) is 0 Å². The quantitative estimate of drug-likeness (QED) is 0.648. The van der Waals surface area contributed by atoms with Crippen molar-refractivity contribution in [3.63, 3.8) is 0 Å². The van der Waals surface area contributed by atoms with Crippen molar-refractivity contribution in [2.75, 3.05) is 18.0 Å². The van der Waals surface area contributed by atoms with E-state index >= 15 is 0 Å². The van der Waals surface area contributed by atoms with E-state index in [-0.39, 0.29) is 13.1 Å². The molecule has 0 N–H and O–H groups in total. The second-order valence-electron chi connectivity index (χ2n) is 2.51. The van der Waals surface area contributed by atoms with Crippen LogP contribution >= 0.6 is 0 Å². The van der Waals surface area contributed by atoms with Gasteiger partial charge in [-0.1, -0.05) is 18.2 Å². The second kappa shape index (κ2) is 4.79. The van der Waals surface area contributed by atoms with Crippen LogP contribution in [0.4, 0.5) is 5.69 Å². The van der Waals surface area contributed by atoms with E-state index in [9.17, 15) is 0 Å². The molecule has 0 aromatic heterocycles. The standard InChI is InChI=1S/C10H9N3/c11-6-8-13(9-7-12)10-4-2-1-3-5-10/h1-5H,8-9H2. The molecule has 0 unspecified atom stereocenters. The largest absolute Gasteiger partial charge is 0.345 e. The first-order valence-electron chi connectivity index (χ1n) is 3.92. The molecule has 64 valence electrons. The van der Waals surface area contributed by atoms with Gasteiger partial charge in [0.2, 0.25) is 0 Å². The normalized spacial score (nSPS) is 8.46. The fourth-order valence-electron chi connectivity index (χ4n) is 1.05. The Balaban J connectivity index is 2.78. The maximum absolute atomic E-state index is 8.52. The van der Waals surface area contributed by atoms with Crippen molar-refractivity contribution < 1.29 is 0 Å². The van der Waals surface area contributed by atoms with E-state index in [1.165, 1.54) is 0 Å². The molecule has 0 heterocycles. The first kappa shape index (κ1) is 9.09. The monoisotopic (exact) mass is 171 g/mol. The summed E-state index contributed by atoms with van der Waals surface area (Å²) in [6.07, 6.45) is 0. The van der Waals surface area contributed by atoms with E-state index in [0.717, 1.165) is 5.69 Å². The van der Waals surface area contributed by atoms with Crippen LogP contribution in [-0.4, -0.2) is 13.1 Å². The van der Waals surface area contributed by atoms with E-state index in [2.05, 4.69) is 0 Å². The second-order valence-corrected chi connectivity index (χ2v) is 2.51. The number of hydrogen-bond donors (Lipinski definition) is 0. The lowest BCUT2D eigenvalue weighted by Gasteiger charge is -2.17. The zero-order chi connectivity index (χ0) is 9.52. The third kappa shape index (κ3) is 2.50. The van der Waals surface area contributed by atoms with Gasteiger partial charge >= 0.3 is 0 Å². The molecule has 1 rings (SSSR count). The summed E-state index contributed by atoms with van der Waals surface area (Å²) in [5.41, 5.74) is 0.908. The SMILES string of the molecule is N#CCN(CC#N)c1ccccc1. The van der Waals surface area contributed by atoms with Crippen molar-refractivity contribution in [2.24, 2.45) is 0 Å². The van der Waals surface area contributed by atoms with Crippen molar-refractivity contribution in [2.45, 2.75) is 0 Å². The van der Waals surface area contributed by atoms with Crippen LogP contribution in [-0.2, 0) is 0 Å². The van der Waals surface area contributed by atoms with Gasteiger partial charge in [-0.05, 0) is 12.1 Å².